The number of hydrogen-bond acceptors (Lipinski definition) is 2. The lowest BCUT2D eigenvalue weighted by atomic mass is 10.1. The molecule has 0 radical (unpaired) electrons. The van der Waals surface area contributed by atoms with Crippen LogP contribution in [0.15, 0.2) is 0 Å². The Morgan fingerprint density at radius 3 is 1.30 bits per heavy atom. The van der Waals surface area contributed by atoms with Gasteiger partial charge < -0.3 is 9.84 Å². The lowest BCUT2D eigenvalue weighted by Gasteiger charge is -2.15. The van der Waals surface area contributed by atoms with Crippen molar-refractivity contribution < 1.29 is 9.84 Å². The summed E-state index contributed by atoms with van der Waals surface area (Å²) < 4.78 is 5.89. The van der Waals surface area contributed by atoms with Gasteiger partial charge in [0.15, 0.2) is 0 Å². The van der Waals surface area contributed by atoms with E-state index in [9.17, 15) is 5.11 Å². The number of unbranched alkanes of at least 4 members (excludes halogenated alkanes) is 17. The molecule has 0 bridgehead atoms. The molecular formula is C25H52O2. The molecule has 1 N–H and O–H groups in total. The normalized spacial score (nSPS) is 12.6. The highest BCUT2D eigenvalue weighted by Gasteiger charge is 2.07. The summed E-state index contributed by atoms with van der Waals surface area (Å²) in [5, 5.41) is 9.49. The van der Waals surface area contributed by atoms with Gasteiger partial charge in [-0.2, -0.15) is 0 Å². The van der Waals surface area contributed by atoms with Crippen molar-refractivity contribution in [1.82, 2.24) is 0 Å². The predicted molar refractivity (Wildman–Crippen MR) is 121 cm³/mol. The molecule has 1 unspecified atom stereocenters. The van der Waals surface area contributed by atoms with Gasteiger partial charge in [0.1, 0.15) is 0 Å². The van der Waals surface area contributed by atoms with E-state index in [1.165, 1.54) is 116 Å². The molecule has 0 aromatic heterocycles. The highest BCUT2D eigenvalue weighted by atomic mass is 16.5. The molecule has 0 saturated carbocycles. The minimum atomic E-state index is 0.0770. The van der Waals surface area contributed by atoms with Crippen molar-refractivity contribution in [3.05, 3.63) is 0 Å². The Labute approximate surface area is 171 Å². The molecule has 0 aliphatic rings. The third-order valence-electron chi connectivity index (χ3n) is 5.68. The molecule has 0 aromatic rings. The van der Waals surface area contributed by atoms with Crippen LogP contribution in [0.1, 0.15) is 142 Å². The second-order valence-electron chi connectivity index (χ2n) is 8.47. The number of ether oxygens (including phenoxy) is 1. The van der Waals surface area contributed by atoms with Crippen molar-refractivity contribution in [1.29, 1.82) is 0 Å². The smallest absolute Gasteiger partial charge is 0.0805 e. The summed E-state index contributed by atoms with van der Waals surface area (Å²) in [6, 6.07) is 0. The fourth-order valence-electron chi connectivity index (χ4n) is 3.75. The van der Waals surface area contributed by atoms with Crippen LogP contribution in [0.3, 0.4) is 0 Å². The average molecular weight is 385 g/mol. The molecule has 0 aliphatic carbocycles. The molecule has 0 saturated heterocycles. The quantitative estimate of drug-likeness (QED) is 0.180. The van der Waals surface area contributed by atoms with Crippen LogP contribution in [0, 0.1) is 0 Å². The summed E-state index contributed by atoms with van der Waals surface area (Å²) in [6.45, 7) is 5.57. The van der Waals surface area contributed by atoms with Crippen LogP contribution in [-0.2, 0) is 4.74 Å². The average Bonchev–Trinajstić information content (AvgIpc) is 2.69. The van der Waals surface area contributed by atoms with Gasteiger partial charge in [-0.15, -0.1) is 0 Å². The molecule has 0 aliphatic heterocycles. The van der Waals surface area contributed by atoms with Crippen LogP contribution < -0.4 is 0 Å². The molecule has 0 amide bonds. The number of hydrogen-bond donors (Lipinski definition) is 1. The molecule has 164 valence electrons. The zero-order valence-electron chi connectivity index (χ0n) is 19.0. The SMILES string of the molecule is CCCCCCCCCCCCOC(CO)CCCCCCCCCCC. The summed E-state index contributed by atoms with van der Waals surface area (Å²) in [6.07, 6.45) is 26.9. The molecule has 0 aromatic carbocycles. The Balaban J connectivity index is 3.27. The first-order chi connectivity index (χ1) is 13.3. The van der Waals surface area contributed by atoms with E-state index in [1.54, 1.807) is 0 Å². The molecule has 27 heavy (non-hydrogen) atoms. The highest BCUT2D eigenvalue weighted by molar-refractivity contribution is 4.57. The predicted octanol–water partition coefficient (Wildman–Crippen LogP) is 8.21. The Bertz CT molecular complexity index is 255. The van der Waals surface area contributed by atoms with Crippen LogP contribution >= 0.6 is 0 Å². The van der Waals surface area contributed by atoms with E-state index >= 15 is 0 Å². The van der Waals surface area contributed by atoms with Gasteiger partial charge >= 0.3 is 0 Å². The zero-order valence-corrected chi connectivity index (χ0v) is 19.0. The van der Waals surface area contributed by atoms with E-state index in [1.807, 2.05) is 0 Å². The summed E-state index contributed by atoms with van der Waals surface area (Å²) in [7, 11) is 0. The van der Waals surface area contributed by atoms with Crippen LogP contribution in [0.4, 0.5) is 0 Å². The second kappa shape index (κ2) is 24.0. The number of aliphatic hydroxyl groups excluding tert-OH is 1. The minimum Gasteiger partial charge on any atom is -0.394 e. The monoisotopic (exact) mass is 384 g/mol. The second-order valence-corrected chi connectivity index (χ2v) is 8.47. The van der Waals surface area contributed by atoms with Crippen LogP contribution in [0.2, 0.25) is 0 Å². The number of rotatable bonds is 23. The van der Waals surface area contributed by atoms with E-state index in [0.717, 1.165) is 19.4 Å². The van der Waals surface area contributed by atoms with Gasteiger partial charge in [-0.1, -0.05) is 129 Å². The van der Waals surface area contributed by atoms with Crippen LogP contribution in [-0.4, -0.2) is 24.4 Å². The molecule has 0 spiro atoms. The summed E-state index contributed by atoms with van der Waals surface area (Å²) >= 11 is 0. The lowest BCUT2D eigenvalue weighted by Crippen LogP contribution is -2.18. The molecule has 0 heterocycles. The van der Waals surface area contributed by atoms with Crippen molar-refractivity contribution in [2.45, 2.75) is 148 Å². The maximum Gasteiger partial charge on any atom is 0.0805 e. The standard InChI is InChI=1S/C25H52O2/c1-3-5-7-9-11-13-15-17-19-21-23-27-25(24-26)22-20-18-16-14-12-10-8-6-4-2/h25-26H,3-24H2,1-2H3. The first-order valence-corrected chi connectivity index (χ1v) is 12.6. The van der Waals surface area contributed by atoms with Crippen molar-refractivity contribution in [2.75, 3.05) is 13.2 Å². The van der Waals surface area contributed by atoms with Crippen molar-refractivity contribution in [2.24, 2.45) is 0 Å². The van der Waals surface area contributed by atoms with Crippen LogP contribution in [0.5, 0.6) is 0 Å². The van der Waals surface area contributed by atoms with E-state index in [2.05, 4.69) is 13.8 Å². The Morgan fingerprint density at radius 1 is 0.519 bits per heavy atom. The van der Waals surface area contributed by atoms with E-state index in [0.29, 0.717) is 0 Å². The Hall–Kier alpha value is -0.0800. The molecule has 0 rings (SSSR count). The molecule has 2 heteroatoms. The maximum atomic E-state index is 9.49. The van der Waals surface area contributed by atoms with Gasteiger partial charge in [-0.05, 0) is 12.8 Å². The maximum absolute atomic E-state index is 9.49. The van der Waals surface area contributed by atoms with Gasteiger partial charge in [0.25, 0.3) is 0 Å². The topological polar surface area (TPSA) is 29.5 Å². The van der Waals surface area contributed by atoms with E-state index < -0.39 is 0 Å². The van der Waals surface area contributed by atoms with E-state index in [-0.39, 0.29) is 12.7 Å². The van der Waals surface area contributed by atoms with Crippen LogP contribution in [0.25, 0.3) is 0 Å². The minimum absolute atomic E-state index is 0.0770. The molecule has 0 fully saturated rings. The van der Waals surface area contributed by atoms with Gasteiger partial charge in [-0.25, -0.2) is 0 Å². The third kappa shape index (κ3) is 22.1. The summed E-state index contributed by atoms with van der Waals surface area (Å²) in [5.41, 5.74) is 0. The van der Waals surface area contributed by atoms with Crippen molar-refractivity contribution >= 4 is 0 Å². The summed E-state index contributed by atoms with van der Waals surface area (Å²) in [5.74, 6) is 0. The molecular weight excluding hydrogens is 332 g/mol. The fourth-order valence-corrected chi connectivity index (χ4v) is 3.75. The van der Waals surface area contributed by atoms with Gasteiger partial charge in [0.05, 0.1) is 12.7 Å². The van der Waals surface area contributed by atoms with Gasteiger partial charge in [0.2, 0.25) is 0 Å². The third-order valence-corrected chi connectivity index (χ3v) is 5.68. The van der Waals surface area contributed by atoms with Gasteiger partial charge in [0, 0.05) is 6.61 Å². The molecule has 1 atom stereocenters. The first kappa shape index (κ1) is 26.9. The van der Waals surface area contributed by atoms with E-state index in [4.69, 9.17) is 4.74 Å². The fraction of sp³-hybridized carbons (Fsp3) is 1.00. The highest BCUT2D eigenvalue weighted by Crippen LogP contribution is 2.14. The Kier molecular flexibility index (Phi) is 23.9. The Morgan fingerprint density at radius 2 is 0.889 bits per heavy atom. The summed E-state index contributed by atoms with van der Waals surface area (Å²) in [4.78, 5) is 0. The largest absolute Gasteiger partial charge is 0.394 e. The van der Waals surface area contributed by atoms with Gasteiger partial charge in [-0.3, -0.25) is 0 Å². The zero-order chi connectivity index (χ0) is 19.8. The first-order valence-electron chi connectivity index (χ1n) is 12.6. The van der Waals surface area contributed by atoms with Crippen molar-refractivity contribution in [3.63, 3.8) is 0 Å². The van der Waals surface area contributed by atoms with Crippen molar-refractivity contribution in [3.8, 4) is 0 Å². The molecule has 2 nitrogen and oxygen atoms in total. The number of aliphatic hydroxyl groups is 1. The lowest BCUT2D eigenvalue weighted by molar-refractivity contribution is 0.00497.